The van der Waals surface area contributed by atoms with Gasteiger partial charge in [-0.15, -0.1) is 0 Å². The van der Waals surface area contributed by atoms with Crippen molar-refractivity contribution in [1.29, 1.82) is 0 Å². The van der Waals surface area contributed by atoms with Gasteiger partial charge in [-0.25, -0.2) is 8.42 Å². The molecule has 0 N–H and O–H groups in total. The minimum absolute atomic E-state index is 0.0337. The van der Waals surface area contributed by atoms with Gasteiger partial charge < -0.3 is 14.1 Å². The first-order valence-electron chi connectivity index (χ1n) is 15.0. The second-order valence-electron chi connectivity index (χ2n) is 12.5. The molecule has 1 aliphatic heterocycles. The van der Waals surface area contributed by atoms with Gasteiger partial charge in [0.25, 0.3) is 0 Å². The van der Waals surface area contributed by atoms with Crippen LogP contribution < -0.4 is 5.43 Å². The fourth-order valence-corrected chi connectivity index (χ4v) is 6.85. The molecule has 3 aromatic carbocycles. The van der Waals surface area contributed by atoms with Crippen LogP contribution in [0.25, 0.3) is 11.0 Å². The Balaban J connectivity index is 1.47. The highest BCUT2D eigenvalue weighted by Gasteiger charge is 2.33. The van der Waals surface area contributed by atoms with E-state index in [1.807, 2.05) is 55.5 Å². The SMILES string of the molecule is Cc1ccc2occ(CN(Cc3ccccc3)C(=O)CN(C[C@@H]3CCCO3)S(=O)(=O)c3ccc(C(C)(C)C)cc3)c(=O)c2c1. The third kappa shape index (κ3) is 7.29. The molecule has 1 aliphatic rings. The third-order valence-corrected chi connectivity index (χ3v) is 9.86. The lowest BCUT2D eigenvalue weighted by molar-refractivity contribution is -0.132. The summed E-state index contributed by atoms with van der Waals surface area (Å²) in [6.07, 6.45) is 2.64. The Morgan fingerprint density at radius 2 is 1.70 bits per heavy atom. The standard InChI is InChI=1S/C35H40N2O6S/c1-25-12-17-32-31(19-25)34(39)27(24-43-32)21-36(20-26-9-6-5-7-10-26)33(38)23-37(22-29-11-8-18-42-29)44(40,41)30-15-13-28(14-16-30)35(2,3)4/h5-7,9-10,12-17,19,24,29H,8,11,18,20-23H2,1-4H3/t29-/m0/s1. The number of carbonyl (C=O) groups is 1. The topological polar surface area (TPSA) is 97.1 Å². The molecular weight excluding hydrogens is 576 g/mol. The zero-order valence-corrected chi connectivity index (χ0v) is 26.6. The molecular formula is C35H40N2O6S. The molecule has 9 heteroatoms. The molecule has 1 fully saturated rings. The summed E-state index contributed by atoms with van der Waals surface area (Å²) >= 11 is 0. The van der Waals surface area contributed by atoms with Crippen molar-refractivity contribution in [3.63, 3.8) is 0 Å². The monoisotopic (exact) mass is 616 g/mol. The molecule has 4 aromatic rings. The molecule has 8 nitrogen and oxygen atoms in total. The summed E-state index contributed by atoms with van der Waals surface area (Å²) in [6.45, 7) is 8.49. The van der Waals surface area contributed by atoms with E-state index in [9.17, 15) is 18.0 Å². The Morgan fingerprint density at radius 1 is 0.977 bits per heavy atom. The summed E-state index contributed by atoms with van der Waals surface area (Å²) in [5.74, 6) is -0.425. The van der Waals surface area contributed by atoms with Gasteiger partial charge in [-0.05, 0) is 60.6 Å². The minimum atomic E-state index is -4.04. The van der Waals surface area contributed by atoms with Gasteiger partial charge in [-0.3, -0.25) is 9.59 Å². The molecule has 0 saturated carbocycles. The number of benzene rings is 3. The molecule has 232 valence electrons. The number of aryl methyl sites for hydroxylation is 1. The van der Waals surface area contributed by atoms with Crippen LogP contribution in [0.5, 0.6) is 0 Å². The summed E-state index contributed by atoms with van der Waals surface area (Å²) in [4.78, 5) is 29.2. The van der Waals surface area contributed by atoms with Crippen molar-refractivity contribution in [2.24, 2.45) is 0 Å². The maximum absolute atomic E-state index is 14.1. The van der Waals surface area contributed by atoms with E-state index >= 15 is 0 Å². The summed E-state index contributed by atoms with van der Waals surface area (Å²) < 4.78 is 40.8. The van der Waals surface area contributed by atoms with Gasteiger partial charge in [0, 0.05) is 19.7 Å². The van der Waals surface area contributed by atoms with Crippen LogP contribution in [0, 0.1) is 6.92 Å². The van der Waals surface area contributed by atoms with Crippen LogP contribution in [-0.4, -0.2) is 49.3 Å². The van der Waals surface area contributed by atoms with E-state index in [4.69, 9.17) is 9.15 Å². The maximum atomic E-state index is 14.1. The highest BCUT2D eigenvalue weighted by Crippen LogP contribution is 2.26. The molecule has 44 heavy (non-hydrogen) atoms. The van der Waals surface area contributed by atoms with Crippen molar-refractivity contribution in [3.8, 4) is 0 Å². The maximum Gasteiger partial charge on any atom is 0.243 e. The fourth-order valence-electron chi connectivity index (χ4n) is 5.43. The van der Waals surface area contributed by atoms with E-state index in [2.05, 4.69) is 20.8 Å². The molecule has 0 aliphatic carbocycles. The molecule has 1 atom stereocenters. The van der Waals surface area contributed by atoms with Crippen molar-refractivity contribution in [3.05, 3.63) is 112 Å². The first-order chi connectivity index (χ1) is 20.9. The summed E-state index contributed by atoms with van der Waals surface area (Å²) in [7, 11) is -4.04. The van der Waals surface area contributed by atoms with Gasteiger partial charge in [-0.1, -0.05) is 74.9 Å². The average Bonchev–Trinajstić information content (AvgIpc) is 3.51. The third-order valence-electron chi connectivity index (χ3n) is 8.03. The zero-order chi connectivity index (χ0) is 31.5. The summed E-state index contributed by atoms with van der Waals surface area (Å²) in [5.41, 5.74) is 3.22. The van der Waals surface area contributed by atoms with E-state index < -0.39 is 22.5 Å². The van der Waals surface area contributed by atoms with Crippen LogP contribution in [0.4, 0.5) is 0 Å². The molecule has 5 rings (SSSR count). The van der Waals surface area contributed by atoms with E-state index in [1.54, 1.807) is 24.3 Å². The van der Waals surface area contributed by atoms with E-state index in [0.29, 0.717) is 29.6 Å². The first kappa shape index (κ1) is 31.6. The lowest BCUT2D eigenvalue weighted by Gasteiger charge is -2.29. The second kappa shape index (κ2) is 13.1. The average molecular weight is 617 g/mol. The van der Waals surface area contributed by atoms with Gasteiger partial charge in [0.1, 0.15) is 5.58 Å². The molecule has 1 amide bonds. The second-order valence-corrected chi connectivity index (χ2v) is 14.5. The van der Waals surface area contributed by atoms with Crippen molar-refractivity contribution >= 4 is 26.9 Å². The molecule has 1 saturated heterocycles. The van der Waals surface area contributed by atoms with Crippen molar-refractivity contribution in [2.75, 3.05) is 19.7 Å². The number of amides is 1. The summed E-state index contributed by atoms with van der Waals surface area (Å²) in [6, 6.07) is 21.7. The highest BCUT2D eigenvalue weighted by atomic mass is 32.2. The lowest BCUT2D eigenvalue weighted by Crippen LogP contribution is -2.45. The van der Waals surface area contributed by atoms with Crippen molar-refractivity contribution in [1.82, 2.24) is 9.21 Å². The van der Waals surface area contributed by atoms with Gasteiger partial charge in [0.05, 0.1) is 41.3 Å². The Hall–Kier alpha value is -3.79. The first-order valence-corrected chi connectivity index (χ1v) is 16.4. The predicted molar refractivity (Wildman–Crippen MR) is 171 cm³/mol. The largest absolute Gasteiger partial charge is 0.464 e. The predicted octanol–water partition coefficient (Wildman–Crippen LogP) is 5.80. The number of hydrogen-bond acceptors (Lipinski definition) is 6. The van der Waals surface area contributed by atoms with Crippen LogP contribution in [0.15, 0.2) is 93.2 Å². The number of ether oxygens (including phenoxy) is 1. The fraction of sp³-hybridized carbons (Fsp3) is 0.371. The Morgan fingerprint density at radius 3 is 2.36 bits per heavy atom. The number of rotatable bonds is 10. The Labute approximate surface area is 259 Å². The number of nitrogens with zero attached hydrogens (tertiary/aromatic N) is 2. The van der Waals surface area contributed by atoms with Crippen molar-refractivity contribution < 1.29 is 22.4 Å². The van der Waals surface area contributed by atoms with E-state index in [0.717, 1.165) is 23.1 Å². The van der Waals surface area contributed by atoms with Crippen LogP contribution in [0.3, 0.4) is 0 Å². The smallest absolute Gasteiger partial charge is 0.243 e. The number of fused-ring (bicyclic) bond motifs is 1. The molecule has 2 heterocycles. The number of hydrogen-bond donors (Lipinski definition) is 0. The van der Waals surface area contributed by atoms with Crippen LogP contribution in [-0.2, 0) is 38.1 Å². The quantitative estimate of drug-likeness (QED) is 0.224. The van der Waals surface area contributed by atoms with Gasteiger partial charge in [0.2, 0.25) is 15.9 Å². The van der Waals surface area contributed by atoms with Crippen molar-refractivity contribution in [2.45, 2.75) is 70.0 Å². The Bertz CT molecular complexity index is 1770. The normalized spacial score (nSPS) is 15.6. The minimum Gasteiger partial charge on any atom is -0.464 e. The van der Waals surface area contributed by atoms with E-state index in [-0.39, 0.29) is 41.5 Å². The van der Waals surface area contributed by atoms with Crippen LogP contribution in [0.1, 0.15) is 55.9 Å². The Kier molecular flexibility index (Phi) is 9.39. The highest BCUT2D eigenvalue weighted by molar-refractivity contribution is 7.89. The zero-order valence-electron chi connectivity index (χ0n) is 25.8. The molecule has 0 unspecified atom stereocenters. The number of sulfonamides is 1. The molecule has 0 spiro atoms. The number of carbonyl (C=O) groups excluding carboxylic acids is 1. The van der Waals surface area contributed by atoms with Crippen LogP contribution in [0.2, 0.25) is 0 Å². The van der Waals surface area contributed by atoms with Gasteiger partial charge in [0.15, 0.2) is 5.43 Å². The lowest BCUT2D eigenvalue weighted by atomic mass is 9.87. The van der Waals surface area contributed by atoms with E-state index in [1.165, 1.54) is 15.5 Å². The van der Waals surface area contributed by atoms with Crippen LogP contribution >= 0.6 is 0 Å². The molecule has 0 bridgehead atoms. The molecule has 0 radical (unpaired) electrons. The van der Waals surface area contributed by atoms with Gasteiger partial charge in [-0.2, -0.15) is 4.31 Å². The van der Waals surface area contributed by atoms with Gasteiger partial charge >= 0.3 is 0 Å². The summed E-state index contributed by atoms with van der Waals surface area (Å²) in [5, 5.41) is 0.441. The molecule has 1 aromatic heterocycles.